The van der Waals surface area contributed by atoms with E-state index >= 15 is 0 Å². The molecule has 0 fully saturated rings. The Balaban J connectivity index is 2.73. The summed E-state index contributed by atoms with van der Waals surface area (Å²) >= 11 is 0. The molecule has 100 valence electrons. The number of ketones is 1. The van der Waals surface area contributed by atoms with Crippen LogP contribution in [-0.2, 0) is 22.6 Å². The number of ether oxygens (including phenoxy) is 1. The van der Waals surface area contributed by atoms with E-state index in [0.717, 1.165) is 5.56 Å². The zero-order chi connectivity index (χ0) is 14.0. The summed E-state index contributed by atoms with van der Waals surface area (Å²) in [7, 11) is 1.51. The molecule has 0 bridgehead atoms. The summed E-state index contributed by atoms with van der Waals surface area (Å²) in [5.74, 6) is 0.350. The van der Waals surface area contributed by atoms with Crippen molar-refractivity contribution in [3.63, 3.8) is 0 Å². The predicted molar refractivity (Wildman–Crippen MR) is 72.3 cm³/mol. The van der Waals surface area contributed by atoms with Crippen LogP contribution in [0.15, 0.2) is 27.4 Å². The number of aryl methyl sites for hydroxylation is 1. The molecule has 1 heterocycles. The van der Waals surface area contributed by atoms with Crippen molar-refractivity contribution in [3.05, 3.63) is 45.3 Å². The first-order valence-corrected chi connectivity index (χ1v) is 6.06. The van der Waals surface area contributed by atoms with Crippen LogP contribution in [-0.4, -0.2) is 12.9 Å². The highest BCUT2D eigenvalue weighted by Crippen LogP contribution is 2.18. The molecule has 2 rings (SSSR count). The maximum atomic E-state index is 12.4. The number of methoxy groups -OCH3 is 1. The minimum Gasteiger partial charge on any atom is -0.460 e. The largest absolute Gasteiger partial charge is 0.460 e. The van der Waals surface area contributed by atoms with Gasteiger partial charge in [0.1, 0.15) is 17.1 Å². The van der Waals surface area contributed by atoms with Crippen LogP contribution in [0.1, 0.15) is 23.8 Å². The van der Waals surface area contributed by atoms with E-state index in [1.807, 2.05) is 13.0 Å². The Hall–Kier alpha value is -1.94. The van der Waals surface area contributed by atoms with Crippen LogP contribution in [0.5, 0.6) is 0 Å². The van der Waals surface area contributed by atoms with Gasteiger partial charge in [-0.25, -0.2) is 0 Å². The lowest BCUT2D eigenvalue weighted by Crippen LogP contribution is -2.15. The molecule has 0 saturated heterocycles. The highest BCUT2D eigenvalue weighted by Gasteiger charge is 2.15. The normalized spacial score (nSPS) is 10.9. The minimum absolute atomic E-state index is 0.0491. The van der Waals surface area contributed by atoms with E-state index in [1.165, 1.54) is 14.0 Å². The van der Waals surface area contributed by atoms with Crippen molar-refractivity contribution in [1.29, 1.82) is 0 Å². The van der Waals surface area contributed by atoms with Crippen molar-refractivity contribution in [2.24, 2.45) is 0 Å². The second-order valence-corrected chi connectivity index (χ2v) is 4.64. The van der Waals surface area contributed by atoms with Crippen molar-refractivity contribution in [2.75, 3.05) is 7.11 Å². The third kappa shape index (κ3) is 2.74. The Morgan fingerprint density at radius 3 is 2.74 bits per heavy atom. The molecule has 0 N–H and O–H groups in total. The molecule has 0 saturated carbocycles. The van der Waals surface area contributed by atoms with Crippen LogP contribution in [0.2, 0.25) is 0 Å². The van der Waals surface area contributed by atoms with Gasteiger partial charge in [0.25, 0.3) is 0 Å². The van der Waals surface area contributed by atoms with Crippen molar-refractivity contribution >= 4 is 16.8 Å². The Kier molecular flexibility index (Phi) is 3.81. The Morgan fingerprint density at radius 1 is 1.37 bits per heavy atom. The molecule has 0 aliphatic heterocycles. The van der Waals surface area contributed by atoms with Crippen molar-refractivity contribution in [2.45, 2.75) is 26.9 Å². The van der Waals surface area contributed by atoms with Gasteiger partial charge < -0.3 is 9.15 Å². The number of hydrogen-bond acceptors (Lipinski definition) is 4. The fraction of sp³-hybridized carbons (Fsp3) is 0.333. The summed E-state index contributed by atoms with van der Waals surface area (Å²) in [6.45, 7) is 3.53. The molecule has 0 atom stereocenters. The first kappa shape index (κ1) is 13.5. The monoisotopic (exact) mass is 260 g/mol. The molecule has 0 amide bonds. The molecule has 19 heavy (non-hydrogen) atoms. The summed E-state index contributed by atoms with van der Waals surface area (Å²) in [5, 5.41) is 0.527. The predicted octanol–water partition coefficient (Wildman–Crippen LogP) is 2.38. The minimum atomic E-state index is -0.122. The first-order chi connectivity index (χ1) is 9.02. The van der Waals surface area contributed by atoms with Gasteiger partial charge in [0.05, 0.1) is 24.0 Å². The fourth-order valence-corrected chi connectivity index (χ4v) is 2.05. The summed E-state index contributed by atoms with van der Waals surface area (Å²) < 4.78 is 10.7. The number of fused-ring (bicyclic) bond motifs is 1. The van der Waals surface area contributed by atoms with Crippen LogP contribution in [0.3, 0.4) is 0 Å². The average Bonchev–Trinajstić information content (AvgIpc) is 2.34. The number of rotatable bonds is 4. The van der Waals surface area contributed by atoms with Crippen molar-refractivity contribution in [3.8, 4) is 0 Å². The van der Waals surface area contributed by atoms with E-state index in [9.17, 15) is 9.59 Å². The topological polar surface area (TPSA) is 56.5 Å². The van der Waals surface area contributed by atoms with Gasteiger partial charge in [-0.1, -0.05) is 11.6 Å². The van der Waals surface area contributed by atoms with Gasteiger partial charge >= 0.3 is 0 Å². The summed E-state index contributed by atoms with van der Waals surface area (Å²) in [4.78, 5) is 23.7. The maximum Gasteiger partial charge on any atom is 0.198 e. The highest BCUT2D eigenvalue weighted by atomic mass is 16.5. The van der Waals surface area contributed by atoms with E-state index in [-0.39, 0.29) is 24.2 Å². The van der Waals surface area contributed by atoms with Gasteiger partial charge in [0, 0.05) is 7.11 Å². The number of carbonyl (C=O) groups excluding carboxylic acids is 1. The number of carbonyl (C=O) groups is 1. The third-order valence-corrected chi connectivity index (χ3v) is 2.92. The molecule has 0 unspecified atom stereocenters. The lowest BCUT2D eigenvalue weighted by atomic mass is 10.1. The standard InChI is InChI=1S/C15H16O4/c1-9-4-5-13-11(6-9)15(17)12(8-18-3)14(19-13)7-10(2)16/h4-6H,7-8H2,1-3H3. The van der Waals surface area contributed by atoms with Gasteiger partial charge in [-0.05, 0) is 26.0 Å². The zero-order valence-corrected chi connectivity index (χ0v) is 11.3. The number of benzene rings is 1. The second kappa shape index (κ2) is 5.36. The van der Waals surface area contributed by atoms with Crippen LogP contribution < -0.4 is 5.43 Å². The summed E-state index contributed by atoms with van der Waals surface area (Å²) in [6.07, 6.45) is 0.109. The van der Waals surface area contributed by atoms with Crippen molar-refractivity contribution < 1.29 is 13.9 Å². The quantitative estimate of drug-likeness (QED) is 0.847. The SMILES string of the molecule is COCc1c(CC(C)=O)oc2ccc(C)cc2c1=O. The lowest BCUT2D eigenvalue weighted by molar-refractivity contribution is -0.116. The van der Waals surface area contributed by atoms with Gasteiger partial charge in [0.2, 0.25) is 0 Å². The summed E-state index contributed by atoms with van der Waals surface area (Å²) in [6, 6.07) is 5.42. The van der Waals surface area contributed by atoms with E-state index in [4.69, 9.17) is 9.15 Å². The molecule has 2 aromatic rings. The third-order valence-electron chi connectivity index (χ3n) is 2.92. The maximum absolute atomic E-state index is 12.4. The molecular weight excluding hydrogens is 244 g/mol. The second-order valence-electron chi connectivity index (χ2n) is 4.64. The van der Waals surface area contributed by atoms with E-state index in [2.05, 4.69) is 0 Å². The Labute approximate surface area is 111 Å². The van der Waals surface area contributed by atoms with Gasteiger partial charge in [-0.3, -0.25) is 9.59 Å². The van der Waals surface area contributed by atoms with E-state index in [1.54, 1.807) is 12.1 Å². The molecule has 0 aliphatic carbocycles. The number of hydrogen-bond donors (Lipinski definition) is 0. The molecular formula is C15H16O4. The van der Waals surface area contributed by atoms with Crippen LogP contribution in [0.4, 0.5) is 0 Å². The average molecular weight is 260 g/mol. The number of Topliss-reactive ketones (excluding diaryl/α,β-unsaturated/α-hetero) is 1. The Bertz CT molecular complexity index is 682. The molecule has 1 aromatic carbocycles. The molecule has 4 nitrogen and oxygen atoms in total. The molecule has 0 spiro atoms. The molecule has 4 heteroatoms. The molecule has 0 aliphatic rings. The van der Waals surface area contributed by atoms with E-state index in [0.29, 0.717) is 22.3 Å². The molecule has 1 aromatic heterocycles. The smallest absolute Gasteiger partial charge is 0.198 e. The van der Waals surface area contributed by atoms with E-state index < -0.39 is 0 Å². The van der Waals surface area contributed by atoms with Crippen LogP contribution in [0.25, 0.3) is 11.0 Å². The van der Waals surface area contributed by atoms with Crippen LogP contribution in [0, 0.1) is 6.92 Å². The fourth-order valence-electron chi connectivity index (χ4n) is 2.05. The lowest BCUT2D eigenvalue weighted by Gasteiger charge is -2.08. The van der Waals surface area contributed by atoms with Gasteiger partial charge in [-0.2, -0.15) is 0 Å². The van der Waals surface area contributed by atoms with Gasteiger partial charge in [0.15, 0.2) is 5.43 Å². The Morgan fingerprint density at radius 2 is 2.11 bits per heavy atom. The van der Waals surface area contributed by atoms with Crippen LogP contribution >= 0.6 is 0 Å². The first-order valence-electron chi connectivity index (χ1n) is 6.06. The highest BCUT2D eigenvalue weighted by molar-refractivity contribution is 5.81. The summed E-state index contributed by atoms with van der Waals surface area (Å²) in [5.41, 5.74) is 1.80. The zero-order valence-electron chi connectivity index (χ0n) is 11.3. The van der Waals surface area contributed by atoms with Crippen molar-refractivity contribution in [1.82, 2.24) is 0 Å². The molecule has 0 radical (unpaired) electrons. The van der Waals surface area contributed by atoms with Gasteiger partial charge in [-0.15, -0.1) is 0 Å².